The summed E-state index contributed by atoms with van der Waals surface area (Å²) in [4.78, 5) is 5.12. The number of benzene rings is 17. The van der Waals surface area contributed by atoms with Crippen LogP contribution in [-0.2, 0) is 97.2 Å². The monoisotopic (exact) mass is 1840 g/mol. The fourth-order valence-electron chi connectivity index (χ4n) is 15.6. The van der Waals surface area contributed by atoms with Crippen LogP contribution in [0.3, 0.4) is 0 Å². The number of aliphatic imine (C=N–C) groups is 1. The van der Waals surface area contributed by atoms with Crippen LogP contribution in [0.25, 0.3) is 0 Å². The minimum absolute atomic E-state index is 0.0572. The summed E-state index contributed by atoms with van der Waals surface area (Å²) in [6, 6.07) is 142. The molecule has 0 aromatic heterocycles. The fourth-order valence-corrected chi connectivity index (χ4v) is 18.0. The maximum Gasteiger partial charge on any atom is 0.217 e. The Balaban J connectivity index is 0.617. The van der Waals surface area contributed by atoms with Crippen molar-refractivity contribution in [2.45, 2.75) is 112 Å². The topological polar surface area (TPSA) is 151 Å². The molecule has 0 bridgehead atoms. The maximum atomic E-state index is 6.82. The van der Waals surface area contributed by atoms with Crippen molar-refractivity contribution in [1.82, 2.24) is 0 Å². The Labute approximate surface area is 807 Å². The zero-order valence-corrected chi connectivity index (χ0v) is 77.7. The highest BCUT2D eigenvalue weighted by molar-refractivity contribution is 7.80. The van der Waals surface area contributed by atoms with Crippen molar-refractivity contribution < 1.29 is 71.1 Å². The first-order valence-corrected chi connectivity index (χ1v) is 47.8. The molecule has 0 aliphatic carbocycles. The predicted molar refractivity (Wildman–Crippen MR) is 543 cm³/mol. The van der Waals surface area contributed by atoms with Gasteiger partial charge >= 0.3 is 0 Å². The second-order valence-corrected chi connectivity index (χ2v) is 35.6. The summed E-state index contributed by atoms with van der Waals surface area (Å²) in [5.74, 6) is 9.43. The van der Waals surface area contributed by atoms with Crippen LogP contribution >= 0.6 is 7.92 Å². The Morgan fingerprint density at radius 2 is 0.384 bits per heavy atom. The van der Waals surface area contributed by atoms with E-state index < -0.39 is 7.92 Å². The summed E-state index contributed by atoms with van der Waals surface area (Å²) in [7, 11) is -1.27. The van der Waals surface area contributed by atoms with E-state index in [0.29, 0.717) is 146 Å². The molecule has 17 aromatic rings. The highest BCUT2D eigenvalue weighted by Crippen LogP contribution is 2.39. The average molecular weight is 1850 g/mol. The number of rotatable bonds is 47. The summed E-state index contributed by atoms with van der Waals surface area (Å²) < 4.78 is 98.9. The third-order valence-electron chi connectivity index (χ3n) is 22.8. The van der Waals surface area contributed by atoms with Gasteiger partial charge in [0.1, 0.15) is 180 Å². The standard InChI is InChI=1S/C121H106NO15P/c1-2-102-87-137-121(122-102)119-45-27-28-46-120(119)138(117-51-47-103(48-52-117)123-81-96-55-113(133-83-98-59-105(125-73-88-29-11-3-12-30-88)67-106(60-98)126-74-89-31-13-4-14-32-89)71-114(56-96)134-84-99-61-107(127-75-90-33-15-5-16-34-90)68-108(62-99)128-76-91-35-17-6-18-36-91)118-53-49-104(50-54-118)124-82-97-57-115(135-85-100-63-109(129-77-92-37-19-7-20-38-92)69-110(64-100)130-78-93-39-21-8-22-40-93)72-116(58-97)136-86-101-65-111(131-79-94-41-23-9-24-42-94)70-112(66-101)132-80-95-43-25-10-26-44-95/h3-72,102H,2,73-87H2,1H3/t102-/m0/s1. The first-order chi connectivity index (χ1) is 68.2. The van der Waals surface area contributed by atoms with Gasteiger partial charge in [-0.1, -0.05) is 292 Å². The molecular weight excluding hydrogens is 1740 g/mol. The van der Waals surface area contributed by atoms with Gasteiger partial charge in [-0.05, 0) is 211 Å². The Morgan fingerprint density at radius 3 is 0.580 bits per heavy atom. The molecule has 1 aliphatic rings. The Hall–Kier alpha value is -16.2. The lowest BCUT2D eigenvalue weighted by Crippen LogP contribution is -2.25. The summed E-state index contributed by atoms with van der Waals surface area (Å²) in [5.41, 5.74) is 14.3. The lowest BCUT2D eigenvalue weighted by atomic mass is 10.2. The van der Waals surface area contributed by atoms with Crippen molar-refractivity contribution in [3.8, 4) is 80.5 Å². The molecule has 16 nitrogen and oxygen atoms in total. The molecule has 0 radical (unpaired) electrons. The highest BCUT2D eigenvalue weighted by Gasteiger charge is 2.27. The molecular formula is C121H106NO15P. The lowest BCUT2D eigenvalue weighted by Gasteiger charge is -2.23. The van der Waals surface area contributed by atoms with Crippen molar-refractivity contribution in [3.63, 3.8) is 0 Å². The second-order valence-electron chi connectivity index (χ2n) is 33.4. The first kappa shape index (κ1) is 92.3. The smallest absolute Gasteiger partial charge is 0.217 e. The molecule has 17 aromatic carbocycles. The van der Waals surface area contributed by atoms with Crippen LogP contribution in [0.4, 0.5) is 0 Å². The molecule has 1 heterocycles. The molecule has 0 unspecified atom stereocenters. The van der Waals surface area contributed by atoms with Crippen molar-refractivity contribution in [1.29, 1.82) is 0 Å². The summed E-state index contributed by atoms with van der Waals surface area (Å²) in [6.07, 6.45) is 0.861. The Kier molecular flexibility index (Phi) is 31.9. The van der Waals surface area contributed by atoms with Gasteiger partial charge in [0, 0.05) is 42.0 Å². The van der Waals surface area contributed by atoms with Gasteiger partial charge in [-0.25, -0.2) is 4.99 Å². The predicted octanol–water partition coefficient (Wildman–Crippen LogP) is 26.1. The normalized spacial score (nSPS) is 12.0. The average Bonchev–Trinajstić information content (AvgIpc) is 1.32. The largest absolute Gasteiger partial charge is 0.489 e. The summed E-state index contributed by atoms with van der Waals surface area (Å²) in [6.45, 7) is 6.73. The fraction of sp³-hybridized carbons (Fsp3) is 0.149. The quantitative estimate of drug-likeness (QED) is 0.0333. The minimum atomic E-state index is -1.27. The van der Waals surface area contributed by atoms with Crippen molar-refractivity contribution in [3.05, 3.63) is 508 Å². The van der Waals surface area contributed by atoms with Crippen LogP contribution in [0.2, 0.25) is 0 Å². The molecule has 1 atom stereocenters. The third-order valence-corrected chi connectivity index (χ3v) is 25.3. The van der Waals surface area contributed by atoms with Gasteiger partial charge < -0.3 is 71.1 Å². The van der Waals surface area contributed by atoms with Crippen molar-refractivity contribution >= 4 is 29.7 Å². The number of hydrogen-bond donors (Lipinski definition) is 0. The molecule has 18 rings (SSSR count). The van der Waals surface area contributed by atoms with Crippen molar-refractivity contribution in [2.75, 3.05) is 6.61 Å². The van der Waals surface area contributed by atoms with Crippen LogP contribution in [0.5, 0.6) is 80.5 Å². The van der Waals surface area contributed by atoms with E-state index in [4.69, 9.17) is 76.0 Å². The molecule has 1 aliphatic heterocycles. The van der Waals surface area contributed by atoms with Crippen LogP contribution in [-0.4, -0.2) is 18.5 Å². The van der Waals surface area contributed by atoms with Gasteiger partial charge in [0.2, 0.25) is 5.90 Å². The Morgan fingerprint density at radius 1 is 0.203 bits per heavy atom. The number of ether oxygens (including phenoxy) is 15. The molecule has 0 N–H and O–H groups in total. The molecule has 0 amide bonds. The van der Waals surface area contributed by atoms with E-state index in [1.807, 2.05) is 376 Å². The van der Waals surface area contributed by atoms with Gasteiger partial charge in [-0.3, -0.25) is 0 Å². The molecule has 0 saturated heterocycles. The van der Waals surface area contributed by atoms with Gasteiger partial charge in [0.25, 0.3) is 0 Å². The van der Waals surface area contributed by atoms with E-state index in [2.05, 4.69) is 55.5 Å². The van der Waals surface area contributed by atoms with Crippen molar-refractivity contribution in [2.24, 2.45) is 4.99 Å². The van der Waals surface area contributed by atoms with Gasteiger partial charge in [0.05, 0.1) is 6.04 Å². The summed E-state index contributed by atoms with van der Waals surface area (Å²) >= 11 is 0. The SMILES string of the molecule is CC[C@H]1COC(c2ccccc2P(c2ccc(OCc3cc(OCc4cc(OCc5ccccc5)cc(OCc5ccccc5)c4)cc(OCc4cc(OCc5ccccc5)cc(OCc5ccccc5)c4)c3)cc2)c2ccc(OCc3cc(OCc4cc(OCc5ccccc5)cc(OCc5ccccc5)c4)cc(OCc4cc(OCc5ccccc5)cc(OCc5ccccc5)c4)c3)cc2)=N1. The zero-order valence-electron chi connectivity index (χ0n) is 76.8. The van der Waals surface area contributed by atoms with E-state index in [9.17, 15) is 0 Å². The molecule has 0 spiro atoms. The third kappa shape index (κ3) is 27.6. The highest BCUT2D eigenvalue weighted by atomic mass is 31.1. The van der Waals surface area contributed by atoms with E-state index in [1.54, 1.807) is 0 Å². The van der Waals surface area contributed by atoms with Crippen LogP contribution in [0.15, 0.2) is 430 Å². The minimum Gasteiger partial charge on any atom is -0.489 e. The van der Waals surface area contributed by atoms with Gasteiger partial charge in [-0.15, -0.1) is 0 Å². The number of nitrogens with zero attached hydrogens (tertiary/aromatic N) is 1. The maximum absolute atomic E-state index is 6.82. The van der Waals surface area contributed by atoms with E-state index in [0.717, 1.165) is 106 Å². The van der Waals surface area contributed by atoms with Crippen LogP contribution < -0.4 is 82.2 Å². The first-order valence-electron chi connectivity index (χ1n) is 46.4. The number of hydrogen-bond acceptors (Lipinski definition) is 16. The van der Waals surface area contributed by atoms with Gasteiger partial charge in [-0.2, -0.15) is 0 Å². The molecule has 0 fully saturated rings. The zero-order chi connectivity index (χ0) is 93.3. The van der Waals surface area contributed by atoms with Crippen LogP contribution in [0.1, 0.15) is 96.8 Å². The molecule has 138 heavy (non-hydrogen) atoms. The van der Waals surface area contributed by atoms with E-state index >= 15 is 0 Å². The van der Waals surface area contributed by atoms with E-state index in [-0.39, 0.29) is 45.7 Å². The lowest BCUT2D eigenvalue weighted by molar-refractivity contribution is 0.273. The van der Waals surface area contributed by atoms with E-state index in [1.165, 1.54) is 0 Å². The molecule has 0 saturated carbocycles. The second kappa shape index (κ2) is 47.7. The summed E-state index contributed by atoms with van der Waals surface area (Å²) in [5, 5.41) is 3.25. The van der Waals surface area contributed by atoms with Gasteiger partial charge in [0.15, 0.2) is 0 Å². The molecule has 690 valence electrons. The Bertz CT molecular complexity index is 5820. The molecule has 17 heteroatoms. The van der Waals surface area contributed by atoms with Crippen LogP contribution in [0, 0.1) is 0 Å².